The van der Waals surface area contributed by atoms with Gasteiger partial charge in [-0.05, 0) is 27.9 Å². The largest absolute Gasteiger partial charge is 0.332 e. The molecule has 4 heteroatoms. The molecule has 1 N–H and O–H groups in total. The van der Waals surface area contributed by atoms with Gasteiger partial charge in [0.05, 0.1) is 6.33 Å². The number of aromatic nitrogens is 2. The molecule has 1 aliphatic rings. The number of imidazole rings is 1. The van der Waals surface area contributed by atoms with Gasteiger partial charge in [-0.2, -0.15) is 0 Å². The van der Waals surface area contributed by atoms with Gasteiger partial charge < -0.3 is 14.8 Å². The monoisotopic (exact) mass is 222 g/mol. The van der Waals surface area contributed by atoms with Gasteiger partial charge in [0.25, 0.3) is 0 Å². The summed E-state index contributed by atoms with van der Waals surface area (Å²) in [6.45, 7) is 7.69. The molecule has 4 nitrogen and oxygen atoms in total. The van der Waals surface area contributed by atoms with Crippen LogP contribution in [0, 0.1) is 0 Å². The average molecular weight is 222 g/mol. The summed E-state index contributed by atoms with van der Waals surface area (Å²) in [7, 11) is 4.25. The van der Waals surface area contributed by atoms with Gasteiger partial charge in [0.1, 0.15) is 0 Å². The predicted molar refractivity (Wildman–Crippen MR) is 65.6 cm³/mol. The molecule has 2 rings (SSSR count). The average Bonchev–Trinajstić information content (AvgIpc) is 2.49. The van der Waals surface area contributed by atoms with Gasteiger partial charge in [-0.3, -0.25) is 0 Å². The van der Waals surface area contributed by atoms with E-state index in [1.54, 1.807) is 0 Å². The van der Waals surface area contributed by atoms with E-state index < -0.39 is 0 Å². The van der Waals surface area contributed by atoms with Crippen molar-refractivity contribution in [1.29, 1.82) is 0 Å². The van der Waals surface area contributed by atoms with Crippen molar-refractivity contribution in [1.82, 2.24) is 19.8 Å². The molecule has 1 aliphatic heterocycles. The summed E-state index contributed by atoms with van der Waals surface area (Å²) < 4.78 is 2.30. The highest BCUT2D eigenvalue weighted by Crippen LogP contribution is 2.22. The lowest BCUT2D eigenvalue weighted by molar-refractivity contribution is 0.167. The van der Waals surface area contributed by atoms with Crippen molar-refractivity contribution < 1.29 is 0 Å². The molecule has 1 aromatic heterocycles. The fraction of sp³-hybridized carbons (Fsp3) is 0.750. The maximum atomic E-state index is 4.29. The van der Waals surface area contributed by atoms with Gasteiger partial charge in [-0.25, -0.2) is 4.98 Å². The van der Waals surface area contributed by atoms with Crippen molar-refractivity contribution in [2.45, 2.75) is 31.8 Å². The maximum Gasteiger partial charge on any atom is 0.0948 e. The smallest absolute Gasteiger partial charge is 0.0948 e. The second kappa shape index (κ2) is 4.18. The van der Waals surface area contributed by atoms with Crippen LogP contribution >= 0.6 is 0 Å². The van der Waals surface area contributed by atoms with Gasteiger partial charge in [0.15, 0.2) is 0 Å². The summed E-state index contributed by atoms with van der Waals surface area (Å²) in [6.07, 6.45) is 3.97. The molecule has 0 radical (unpaired) electrons. The number of nitrogens with one attached hydrogen (secondary N) is 1. The van der Waals surface area contributed by atoms with E-state index in [1.165, 1.54) is 5.69 Å². The lowest BCUT2D eigenvalue weighted by Crippen LogP contribution is -2.44. The fourth-order valence-corrected chi connectivity index (χ4v) is 1.86. The third kappa shape index (κ3) is 2.13. The number of nitrogens with zero attached hydrogens (tertiary/aromatic N) is 3. The molecule has 1 fully saturated rings. The molecule has 0 spiro atoms. The lowest BCUT2D eigenvalue weighted by atomic mass is 9.98. The Morgan fingerprint density at radius 2 is 2.19 bits per heavy atom. The molecule has 0 unspecified atom stereocenters. The van der Waals surface area contributed by atoms with Crippen LogP contribution in [0.15, 0.2) is 12.5 Å². The van der Waals surface area contributed by atoms with E-state index in [9.17, 15) is 0 Å². The van der Waals surface area contributed by atoms with Crippen molar-refractivity contribution in [2.24, 2.45) is 0 Å². The molecular weight excluding hydrogens is 200 g/mol. The van der Waals surface area contributed by atoms with E-state index >= 15 is 0 Å². The van der Waals surface area contributed by atoms with Crippen LogP contribution < -0.4 is 5.32 Å². The first-order chi connectivity index (χ1) is 7.50. The van der Waals surface area contributed by atoms with E-state index in [-0.39, 0.29) is 5.54 Å². The van der Waals surface area contributed by atoms with Crippen molar-refractivity contribution in [3.63, 3.8) is 0 Å². The second-order valence-corrected chi connectivity index (χ2v) is 5.51. The molecule has 1 aromatic rings. The zero-order valence-corrected chi connectivity index (χ0v) is 10.7. The Hall–Kier alpha value is -0.870. The summed E-state index contributed by atoms with van der Waals surface area (Å²) in [5, 5.41) is 3.31. The molecule has 16 heavy (non-hydrogen) atoms. The van der Waals surface area contributed by atoms with E-state index in [0.29, 0.717) is 5.92 Å². The third-order valence-electron chi connectivity index (χ3n) is 3.71. The van der Waals surface area contributed by atoms with Crippen LogP contribution in [-0.2, 0) is 6.54 Å². The topological polar surface area (TPSA) is 33.1 Å². The van der Waals surface area contributed by atoms with Gasteiger partial charge in [-0.1, -0.05) is 0 Å². The highest BCUT2D eigenvalue weighted by molar-refractivity contribution is 5.12. The number of hydrogen-bond acceptors (Lipinski definition) is 3. The Morgan fingerprint density at radius 3 is 2.69 bits per heavy atom. The van der Waals surface area contributed by atoms with Crippen LogP contribution in [0.5, 0.6) is 0 Å². The highest BCUT2D eigenvalue weighted by Gasteiger charge is 2.26. The Morgan fingerprint density at radius 1 is 1.50 bits per heavy atom. The van der Waals surface area contributed by atoms with Gasteiger partial charge in [-0.15, -0.1) is 0 Å². The predicted octanol–water partition coefficient (Wildman–Crippen LogP) is 0.910. The Kier molecular flexibility index (Phi) is 3.04. The molecule has 0 saturated carbocycles. The number of rotatable bonds is 4. The molecule has 0 atom stereocenters. The van der Waals surface area contributed by atoms with Gasteiger partial charge in [0.2, 0.25) is 0 Å². The molecular formula is C12H22N4. The fourth-order valence-electron chi connectivity index (χ4n) is 1.86. The summed E-state index contributed by atoms with van der Waals surface area (Å²) in [6, 6.07) is 0. The molecule has 2 heterocycles. The van der Waals surface area contributed by atoms with Crippen molar-refractivity contribution in [2.75, 3.05) is 27.2 Å². The summed E-state index contributed by atoms with van der Waals surface area (Å²) in [5.41, 5.74) is 1.53. The van der Waals surface area contributed by atoms with Crippen LogP contribution in [0.3, 0.4) is 0 Å². The Labute approximate surface area is 97.7 Å². The zero-order valence-electron chi connectivity index (χ0n) is 10.7. The Balaban J connectivity index is 2.12. The first-order valence-corrected chi connectivity index (χ1v) is 5.89. The molecule has 1 saturated heterocycles. The van der Waals surface area contributed by atoms with Crippen LogP contribution in [0.2, 0.25) is 0 Å². The summed E-state index contributed by atoms with van der Waals surface area (Å²) in [4.78, 5) is 6.54. The lowest BCUT2D eigenvalue weighted by Gasteiger charge is -2.35. The minimum Gasteiger partial charge on any atom is -0.332 e. The standard InChI is InChI=1S/C12H22N4/c1-12(2,15(3)4)8-16-9-14-7-11(16)10-5-13-6-10/h7,9-10,13H,5-6,8H2,1-4H3. The van der Waals surface area contributed by atoms with Gasteiger partial charge in [0, 0.05) is 43.0 Å². The third-order valence-corrected chi connectivity index (χ3v) is 3.71. The van der Waals surface area contributed by atoms with E-state index in [1.807, 2.05) is 12.5 Å². The highest BCUT2D eigenvalue weighted by atomic mass is 15.2. The first-order valence-electron chi connectivity index (χ1n) is 5.89. The van der Waals surface area contributed by atoms with Crippen LogP contribution in [0.4, 0.5) is 0 Å². The van der Waals surface area contributed by atoms with Crippen molar-refractivity contribution in [3.8, 4) is 0 Å². The van der Waals surface area contributed by atoms with E-state index in [0.717, 1.165) is 19.6 Å². The maximum absolute atomic E-state index is 4.29. The van der Waals surface area contributed by atoms with Crippen LogP contribution in [0.25, 0.3) is 0 Å². The molecule has 0 aromatic carbocycles. The SMILES string of the molecule is CN(C)C(C)(C)Cn1cncc1C1CNC1. The molecule has 0 aliphatic carbocycles. The second-order valence-electron chi connectivity index (χ2n) is 5.51. The molecule has 0 bridgehead atoms. The quantitative estimate of drug-likeness (QED) is 0.822. The zero-order chi connectivity index (χ0) is 11.8. The van der Waals surface area contributed by atoms with Crippen LogP contribution in [-0.4, -0.2) is 47.2 Å². The molecule has 0 amide bonds. The minimum atomic E-state index is 0.159. The van der Waals surface area contributed by atoms with Gasteiger partial charge >= 0.3 is 0 Å². The first kappa shape index (κ1) is 11.6. The van der Waals surface area contributed by atoms with Crippen LogP contribution in [0.1, 0.15) is 25.5 Å². The molecule has 90 valence electrons. The Bertz CT molecular complexity index is 350. The van der Waals surface area contributed by atoms with Crippen molar-refractivity contribution >= 4 is 0 Å². The van der Waals surface area contributed by atoms with E-state index in [4.69, 9.17) is 0 Å². The normalized spacial score (nSPS) is 17.8. The van der Waals surface area contributed by atoms with Crippen molar-refractivity contribution in [3.05, 3.63) is 18.2 Å². The summed E-state index contributed by atoms with van der Waals surface area (Å²) >= 11 is 0. The summed E-state index contributed by atoms with van der Waals surface area (Å²) in [5.74, 6) is 0.653. The van der Waals surface area contributed by atoms with E-state index in [2.05, 4.69) is 47.7 Å². The number of likely N-dealkylation sites (N-methyl/N-ethyl adjacent to an activating group) is 1. The minimum absolute atomic E-state index is 0.159. The number of hydrogen-bond donors (Lipinski definition) is 1.